The number of thioether (sulfide) groups is 1. The highest BCUT2D eigenvalue weighted by Gasteiger charge is 2.31. The van der Waals surface area contributed by atoms with E-state index < -0.39 is 18.0 Å². The molecule has 2 heterocycles. The minimum absolute atomic E-state index is 0.00462. The largest absolute Gasteiger partial charge is 0.573 e. The maximum atomic E-state index is 13.1. The van der Waals surface area contributed by atoms with Crippen molar-refractivity contribution in [3.8, 4) is 11.4 Å². The molecule has 0 fully saturated rings. The van der Waals surface area contributed by atoms with Crippen LogP contribution in [0.25, 0.3) is 5.69 Å². The Balaban J connectivity index is 1.60. The summed E-state index contributed by atoms with van der Waals surface area (Å²) in [5, 5.41) is 13.9. The second kappa shape index (κ2) is 11.1. The van der Waals surface area contributed by atoms with Gasteiger partial charge >= 0.3 is 6.36 Å². The summed E-state index contributed by atoms with van der Waals surface area (Å²) in [7, 11) is 0. The van der Waals surface area contributed by atoms with Crippen LogP contribution in [-0.2, 0) is 10.5 Å². The molecule has 0 unspecified atom stereocenters. The SMILES string of the molecule is CC(=O)Nc1ccc(NC(=O)c2nnn(-c3ccc(OC(F)(F)F)cc3)c2CSc2ncccn2)cc1. The number of benzene rings is 2. The molecule has 37 heavy (non-hydrogen) atoms. The van der Waals surface area contributed by atoms with Crippen LogP contribution in [0.1, 0.15) is 23.1 Å². The summed E-state index contributed by atoms with van der Waals surface area (Å²) < 4.78 is 42.8. The van der Waals surface area contributed by atoms with Gasteiger partial charge in [-0.05, 0) is 54.6 Å². The van der Waals surface area contributed by atoms with Gasteiger partial charge in [-0.25, -0.2) is 14.6 Å². The van der Waals surface area contributed by atoms with Crippen molar-refractivity contribution in [3.05, 3.63) is 78.4 Å². The molecule has 0 aliphatic carbocycles. The van der Waals surface area contributed by atoms with Crippen LogP contribution in [0.3, 0.4) is 0 Å². The van der Waals surface area contributed by atoms with E-state index in [-0.39, 0.29) is 17.4 Å². The third kappa shape index (κ3) is 7.04. The Morgan fingerprint density at radius 1 is 0.973 bits per heavy atom. The van der Waals surface area contributed by atoms with Crippen LogP contribution < -0.4 is 15.4 Å². The molecule has 2 amide bonds. The number of halogens is 3. The van der Waals surface area contributed by atoms with Crippen molar-refractivity contribution in [2.24, 2.45) is 0 Å². The molecule has 2 aromatic heterocycles. The van der Waals surface area contributed by atoms with Crippen LogP contribution in [0.5, 0.6) is 5.75 Å². The maximum Gasteiger partial charge on any atom is 0.573 e. The zero-order valence-corrected chi connectivity index (χ0v) is 19.9. The highest BCUT2D eigenvalue weighted by atomic mass is 32.2. The molecule has 4 aromatic rings. The Labute approximate surface area is 212 Å². The van der Waals surface area contributed by atoms with E-state index in [0.29, 0.717) is 27.9 Å². The van der Waals surface area contributed by atoms with Gasteiger partial charge in [-0.15, -0.1) is 18.3 Å². The molecule has 190 valence electrons. The van der Waals surface area contributed by atoms with E-state index in [9.17, 15) is 22.8 Å². The zero-order chi connectivity index (χ0) is 26.4. The van der Waals surface area contributed by atoms with Gasteiger partial charge in [0.15, 0.2) is 10.9 Å². The van der Waals surface area contributed by atoms with Crippen LogP contribution in [-0.4, -0.2) is 43.1 Å². The first-order valence-corrected chi connectivity index (χ1v) is 11.6. The van der Waals surface area contributed by atoms with Crippen LogP contribution in [0.15, 0.2) is 72.1 Å². The summed E-state index contributed by atoms with van der Waals surface area (Å²) in [6, 6.07) is 13.1. The standard InChI is InChI=1S/C23H18F3N7O3S/c1-14(34)29-15-3-5-16(6-4-15)30-21(35)20-19(13-37-22-27-11-2-12-28-22)33(32-31-20)17-7-9-18(10-8-17)36-23(24,25)26/h2-12H,13H2,1H3,(H,29,34)(H,30,35). The van der Waals surface area contributed by atoms with Crippen molar-refractivity contribution in [1.29, 1.82) is 0 Å². The first-order chi connectivity index (χ1) is 17.7. The van der Waals surface area contributed by atoms with E-state index in [1.54, 1.807) is 42.7 Å². The summed E-state index contributed by atoms with van der Waals surface area (Å²) in [6.07, 6.45) is -1.68. The Morgan fingerprint density at radius 2 is 1.59 bits per heavy atom. The predicted molar refractivity (Wildman–Crippen MR) is 128 cm³/mol. The van der Waals surface area contributed by atoms with Gasteiger partial charge in [-0.2, -0.15) is 0 Å². The van der Waals surface area contributed by atoms with Crippen LogP contribution >= 0.6 is 11.8 Å². The number of anilines is 2. The number of nitrogens with zero attached hydrogens (tertiary/aromatic N) is 5. The third-order valence-electron chi connectivity index (χ3n) is 4.64. The van der Waals surface area contributed by atoms with Crippen LogP contribution in [0.4, 0.5) is 24.5 Å². The molecule has 2 aromatic carbocycles. The lowest BCUT2D eigenvalue weighted by molar-refractivity contribution is -0.274. The van der Waals surface area contributed by atoms with E-state index in [2.05, 4.69) is 35.7 Å². The first kappa shape index (κ1) is 25.6. The minimum Gasteiger partial charge on any atom is -0.406 e. The number of rotatable bonds is 8. The topological polar surface area (TPSA) is 124 Å². The number of nitrogens with one attached hydrogen (secondary N) is 2. The number of carbonyl (C=O) groups is 2. The molecule has 0 radical (unpaired) electrons. The molecular weight excluding hydrogens is 511 g/mol. The summed E-state index contributed by atoms with van der Waals surface area (Å²) in [4.78, 5) is 32.6. The van der Waals surface area contributed by atoms with Crippen molar-refractivity contribution >= 4 is 35.0 Å². The fraction of sp³-hybridized carbons (Fsp3) is 0.130. The molecule has 0 spiro atoms. The zero-order valence-electron chi connectivity index (χ0n) is 19.1. The Morgan fingerprint density at radius 3 is 2.19 bits per heavy atom. The molecule has 0 aliphatic rings. The summed E-state index contributed by atoms with van der Waals surface area (Å²) in [5.74, 6) is -0.996. The smallest absolute Gasteiger partial charge is 0.406 e. The highest BCUT2D eigenvalue weighted by molar-refractivity contribution is 7.98. The molecule has 0 saturated carbocycles. The van der Waals surface area contributed by atoms with Gasteiger partial charge in [0.05, 0.1) is 11.4 Å². The van der Waals surface area contributed by atoms with Crippen molar-refractivity contribution in [2.75, 3.05) is 10.6 Å². The number of aromatic nitrogens is 5. The summed E-state index contributed by atoms with van der Waals surface area (Å²) >= 11 is 1.23. The van der Waals surface area contributed by atoms with Crippen molar-refractivity contribution < 1.29 is 27.5 Å². The monoisotopic (exact) mass is 529 g/mol. The van der Waals surface area contributed by atoms with Gasteiger partial charge in [-0.1, -0.05) is 17.0 Å². The highest BCUT2D eigenvalue weighted by Crippen LogP contribution is 2.27. The summed E-state index contributed by atoms with van der Waals surface area (Å²) in [6.45, 7) is 1.38. The minimum atomic E-state index is -4.82. The number of amides is 2. The Bertz CT molecular complexity index is 1380. The quantitative estimate of drug-likeness (QED) is 0.253. The number of hydrogen-bond donors (Lipinski definition) is 2. The van der Waals surface area contributed by atoms with Gasteiger partial charge < -0.3 is 15.4 Å². The molecule has 14 heteroatoms. The molecular formula is C23H18F3N7O3S. The van der Waals surface area contributed by atoms with E-state index in [1.165, 1.54) is 35.5 Å². The molecule has 0 aliphatic heterocycles. The van der Waals surface area contributed by atoms with Crippen LogP contribution in [0, 0.1) is 0 Å². The van der Waals surface area contributed by atoms with Crippen molar-refractivity contribution in [2.45, 2.75) is 24.2 Å². The second-order valence-electron chi connectivity index (χ2n) is 7.37. The lowest BCUT2D eigenvalue weighted by atomic mass is 10.2. The number of ether oxygens (including phenoxy) is 1. The average molecular weight is 530 g/mol. The lowest BCUT2D eigenvalue weighted by Crippen LogP contribution is -2.17. The molecule has 0 bridgehead atoms. The Kier molecular flexibility index (Phi) is 7.67. The van der Waals surface area contributed by atoms with Gasteiger partial charge in [0.2, 0.25) is 5.91 Å². The Hall–Kier alpha value is -4.46. The van der Waals surface area contributed by atoms with E-state index in [1.807, 2.05) is 0 Å². The molecule has 2 N–H and O–H groups in total. The molecule has 0 atom stereocenters. The average Bonchev–Trinajstić information content (AvgIpc) is 3.28. The second-order valence-corrected chi connectivity index (χ2v) is 8.31. The predicted octanol–water partition coefficient (Wildman–Crippen LogP) is 4.46. The maximum absolute atomic E-state index is 13.1. The number of alkyl halides is 3. The van der Waals surface area contributed by atoms with Crippen molar-refractivity contribution in [1.82, 2.24) is 25.0 Å². The lowest BCUT2D eigenvalue weighted by Gasteiger charge is -2.11. The fourth-order valence-electron chi connectivity index (χ4n) is 3.13. The van der Waals surface area contributed by atoms with Gasteiger partial charge in [-0.3, -0.25) is 9.59 Å². The fourth-order valence-corrected chi connectivity index (χ4v) is 3.92. The molecule has 0 saturated heterocycles. The van der Waals surface area contributed by atoms with Crippen LogP contribution in [0.2, 0.25) is 0 Å². The van der Waals surface area contributed by atoms with Crippen molar-refractivity contribution in [3.63, 3.8) is 0 Å². The van der Waals surface area contributed by atoms with Gasteiger partial charge in [0.25, 0.3) is 5.91 Å². The third-order valence-corrected chi connectivity index (χ3v) is 5.52. The normalized spacial score (nSPS) is 11.1. The number of carbonyl (C=O) groups excluding carboxylic acids is 2. The van der Waals surface area contributed by atoms with Gasteiger partial charge in [0.1, 0.15) is 5.75 Å². The summed E-state index contributed by atoms with van der Waals surface area (Å²) in [5.41, 5.74) is 1.76. The molecule has 4 rings (SSSR count). The van der Waals surface area contributed by atoms with Gasteiger partial charge in [0, 0.05) is 36.4 Å². The van der Waals surface area contributed by atoms with E-state index in [0.717, 1.165) is 12.1 Å². The molecule has 10 nitrogen and oxygen atoms in total. The van der Waals surface area contributed by atoms with E-state index >= 15 is 0 Å². The first-order valence-electron chi connectivity index (χ1n) is 10.6. The van der Waals surface area contributed by atoms with E-state index in [4.69, 9.17) is 0 Å². The number of hydrogen-bond acceptors (Lipinski definition) is 8.